The van der Waals surface area contributed by atoms with Gasteiger partial charge in [-0.2, -0.15) is 0 Å². The molecule has 1 aliphatic rings. The number of aromatic nitrogens is 1. The number of carbonyl (C=O) groups is 1. The molecule has 8 heteroatoms. The quantitative estimate of drug-likeness (QED) is 0.220. The van der Waals surface area contributed by atoms with E-state index >= 15 is 0 Å². The number of ether oxygens (including phenoxy) is 1. The van der Waals surface area contributed by atoms with Gasteiger partial charge in [-0.15, -0.1) is 35.3 Å². The number of benzene rings is 1. The van der Waals surface area contributed by atoms with Crippen molar-refractivity contribution in [3.05, 3.63) is 51.5 Å². The summed E-state index contributed by atoms with van der Waals surface area (Å²) in [5.74, 6) is 1.70. The Labute approximate surface area is 200 Å². The molecule has 164 valence electrons. The van der Waals surface area contributed by atoms with Crippen LogP contribution in [0.4, 0.5) is 0 Å². The zero-order valence-electron chi connectivity index (χ0n) is 18.0. The molecule has 1 heterocycles. The van der Waals surface area contributed by atoms with E-state index in [4.69, 9.17) is 9.73 Å². The van der Waals surface area contributed by atoms with E-state index in [1.807, 2.05) is 13.8 Å². The third kappa shape index (κ3) is 6.41. The van der Waals surface area contributed by atoms with E-state index in [0.717, 1.165) is 24.1 Å². The molecule has 0 radical (unpaired) electrons. The van der Waals surface area contributed by atoms with E-state index in [9.17, 15) is 4.79 Å². The van der Waals surface area contributed by atoms with Crippen LogP contribution in [0.5, 0.6) is 0 Å². The second kappa shape index (κ2) is 11.6. The van der Waals surface area contributed by atoms with Crippen LogP contribution in [0.2, 0.25) is 0 Å². The van der Waals surface area contributed by atoms with Gasteiger partial charge in [0.05, 0.1) is 18.3 Å². The highest BCUT2D eigenvalue weighted by atomic mass is 127. The summed E-state index contributed by atoms with van der Waals surface area (Å²) < 4.78 is 5.11. The molecule has 1 aliphatic carbocycles. The maximum Gasteiger partial charge on any atom is 0.350 e. The summed E-state index contributed by atoms with van der Waals surface area (Å²) in [4.78, 5) is 22.0. The van der Waals surface area contributed by atoms with Gasteiger partial charge in [0.25, 0.3) is 0 Å². The van der Waals surface area contributed by atoms with Gasteiger partial charge >= 0.3 is 5.97 Å². The number of aryl methyl sites for hydroxylation is 1. The number of nitrogens with zero attached hydrogens (tertiary/aromatic N) is 2. The van der Waals surface area contributed by atoms with Crippen LogP contribution >= 0.6 is 35.3 Å². The van der Waals surface area contributed by atoms with E-state index in [1.165, 1.54) is 23.3 Å². The predicted octanol–water partition coefficient (Wildman–Crippen LogP) is 4.67. The van der Waals surface area contributed by atoms with E-state index in [-0.39, 0.29) is 36.0 Å². The van der Waals surface area contributed by atoms with Crippen molar-refractivity contribution in [3.63, 3.8) is 0 Å². The number of hydrogen-bond donors (Lipinski definition) is 2. The molecule has 1 aromatic carbocycles. The monoisotopic (exact) mass is 542 g/mol. The highest BCUT2D eigenvalue weighted by molar-refractivity contribution is 14.0. The number of rotatable bonds is 8. The number of halogens is 1. The Balaban J connectivity index is 0.00000320. The van der Waals surface area contributed by atoms with Gasteiger partial charge in [0, 0.05) is 13.1 Å². The van der Waals surface area contributed by atoms with Crippen LogP contribution in [0.15, 0.2) is 35.3 Å². The van der Waals surface area contributed by atoms with Gasteiger partial charge in [-0.1, -0.05) is 30.3 Å². The fraction of sp³-hybridized carbons (Fsp3) is 0.500. The first-order chi connectivity index (χ1) is 14.0. The minimum absolute atomic E-state index is 0. The van der Waals surface area contributed by atoms with Gasteiger partial charge in [0.2, 0.25) is 0 Å². The normalized spacial score (nSPS) is 18.9. The fourth-order valence-corrected chi connectivity index (χ4v) is 4.30. The van der Waals surface area contributed by atoms with Gasteiger partial charge in [0.15, 0.2) is 5.96 Å². The highest BCUT2D eigenvalue weighted by Crippen LogP contribution is 2.47. The summed E-state index contributed by atoms with van der Waals surface area (Å²) in [6.07, 6.45) is 1.19. The minimum atomic E-state index is -0.304. The number of esters is 1. The molecular formula is C22H31IN4O2S. The van der Waals surface area contributed by atoms with Gasteiger partial charge in [0.1, 0.15) is 9.88 Å². The van der Waals surface area contributed by atoms with Crippen molar-refractivity contribution in [1.82, 2.24) is 15.6 Å². The standard InChI is InChI=1S/C22H30N4O2S.HI/c1-5-23-22(24-13-17-12-18(17)16-10-8-7-9-11-16)26-15(4)20-25-14(3)19(29-20)21(27)28-6-2;/h7-11,15,17-18H,5-6,12-13H2,1-4H3,(H2,23,24,26);1H. The van der Waals surface area contributed by atoms with Crippen LogP contribution in [0.25, 0.3) is 0 Å². The second-order valence-electron chi connectivity index (χ2n) is 7.29. The van der Waals surface area contributed by atoms with Gasteiger partial charge in [-0.25, -0.2) is 9.78 Å². The second-order valence-corrected chi connectivity index (χ2v) is 8.32. The first-order valence-electron chi connectivity index (χ1n) is 10.3. The number of hydrogen-bond acceptors (Lipinski definition) is 5. The molecule has 0 saturated heterocycles. The first kappa shape index (κ1) is 24.6. The lowest BCUT2D eigenvalue weighted by molar-refractivity contribution is 0.0531. The van der Waals surface area contributed by atoms with Crippen LogP contribution in [0.1, 0.15) is 65.1 Å². The van der Waals surface area contributed by atoms with Crippen LogP contribution in [0.3, 0.4) is 0 Å². The van der Waals surface area contributed by atoms with Crippen LogP contribution < -0.4 is 10.6 Å². The van der Waals surface area contributed by atoms with E-state index in [2.05, 4.69) is 52.9 Å². The Morgan fingerprint density at radius 3 is 2.73 bits per heavy atom. The minimum Gasteiger partial charge on any atom is -0.462 e. The molecule has 2 aromatic rings. The summed E-state index contributed by atoms with van der Waals surface area (Å²) >= 11 is 1.38. The van der Waals surface area contributed by atoms with Crippen molar-refractivity contribution in [2.45, 2.75) is 46.1 Å². The molecule has 3 atom stereocenters. The predicted molar refractivity (Wildman–Crippen MR) is 133 cm³/mol. The summed E-state index contributed by atoms with van der Waals surface area (Å²) in [7, 11) is 0. The maximum absolute atomic E-state index is 12.0. The van der Waals surface area contributed by atoms with Gasteiger partial charge in [-0.05, 0) is 51.5 Å². The Morgan fingerprint density at radius 1 is 1.33 bits per heavy atom. The third-order valence-electron chi connectivity index (χ3n) is 4.98. The smallest absolute Gasteiger partial charge is 0.350 e. The topological polar surface area (TPSA) is 75.6 Å². The SMILES string of the molecule is CCNC(=NCC1CC1c1ccccc1)NC(C)c1nc(C)c(C(=O)OCC)s1.I. The van der Waals surface area contributed by atoms with Crippen LogP contribution in [-0.2, 0) is 4.74 Å². The molecule has 1 fully saturated rings. The lowest BCUT2D eigenvalue weighted by Crippen LogP contribution is -2.38. The van der Waals surface area contributed by atoms with Crippen molar-refractivity contribution < 1.29 is 9.53 Å². The molecule has 6 nitrogen and oxygen atoms in total. The molecule has 3 unspecified atom stereocenters. The van der Waals surface area contributed by atoms with Gasteiger partial charge in [-0.3, -0.25) is 4.99 Å². The summed E-state index contributed by atoms with van der Waals surface area (Å²) in [5.41, 5.74) is 2.12. The third-order valence-corrected chi connectivity index (χ3v) is 6.30. The first-order valence-corrected chi connectivity index (χ1v) is 11.1. The summed E-state index contributed by atoms with van der Waals surface area (Å²) in [6.45, 7) is 9.68. The molecule has 0 spiro atoms. The van der Waals surface area contributed by atoms with Gasteiger partial charge < -0.3 is 15.4 Å². The molecule has 0 aliphatic heterocycles. The highest BCUT2D eigenvalue weighted by Gasteiger charge is 2.37. The van der Waals surface area contributed by atoms with Crippen molar-refractivity contribution in [3.8, 4) is 0 Å². The molecule has 2 N–H and O–H groups in total. The van der Waals surface area contributed by atoms with Crippen LogP contribution in [-0.4, -0.2) is 36.6 Å². The number of nitrogens with one attached hydrogen (secondary N) is 2. The average Bonchev–Trinajstić information content (AvgIpc) is 3.39. The van der Waals surface area contributed by atoms with E-state index in [0.29, 0.717) is 29.0 Å². The molecule has 0 amide bonds. The molecule has 3 rings (SSSR count). The number of aliphatic imine (C=N–C) groups is 1. The Hall–Kier alpha value is -1.68. The Morgan fingerprint density at radius 2 is 2.07 bits per heavy atom. The van der Waals surface area contributed by atoms with Crippen LogP contribution in [0, 0.1) is 12.8 Å². The molecule has 1 aromatic heterocycles. The molecule has 1 saturated carbocycles. The van der Waals surface area contributed by atoms with Crippen molar-refractivity contribution >= 4 is 47.2 Å². The number of thiazole rings is 1. The largest absolute Gasteiger partial charge is 0.462 e. The summed E-state index contributed by atoms with van der Waals surface area (Å²) in [5, 5.41) is 7.58. The molecule has 30 heavy (non-hydrogen) atoms. The lowest BCUT2D eigenvalue weighted by atomic mass is 10.1. The average molecular weight is 542 g/mol. The maximum atomic E-state index is 12.0. The lowest BCUT2D eigenvalue weighted by Gasteiger charge is -2.16. The number of carbonyl (C=O) groups excluding carboxylic acids is 1. The Kier molecular flexibility index (Phi) is 9.54. The summed E-state index contributed by atoms with van der Waals surface area (Å²) in [6, 6.07) is 10.6. The van der Waals surface area contributed by atoms with E-state index < -0.39 is 0 Å². The number of guanidine groups is 1. The zero-order chi connectivity index (χ0) is 20.8. The molecular weight excluding hydrogens is 511 g/mol. The fourth-order valence-electron chi connectivity index (χ4n) is 3.34. The van der Waals surface area contributed by atoms with Crippen molar-refractivity contribution in [1.29, 1.82) is 0 Å². The van der Waals surface area contributed by atoms with Crippen molar-refractivity contribution in [2.75, 3.05) is 19.7 Å². The molecule has 0 bridgehead atoms. The zero-order valence-corrected chi connectivity index (χ0v) is 21.1. The van der Waals surface area contributed by atoms with Crippen molar-refractivity contribution in [2.24, 2.45) is 10.9 Å². The Bertz CT molecular complexity index is 856. The van der Waals surface area contributed by atoms with E-state index in [1.54, 1.807) is 6.92 Å².